The lowest BCUT2D eigenvalue weighted by Gasteiger charge is -2.16. The van der Waals surface area contributed by atoms with E-state index in [2.05, 4.69) is 4.98 Å². The van der Waals surface area contributed by atoms with Crippen LogP contribution in [0, 0.1) is 5.92 Å². The van der Waals surface area contributed by atoms with Crippen LogP contribution in [0.15, 0.2) is 40.2 Å². The number of fused-ring (bicyclic) bond motifs is 1. The number of methoxy groups -OCH3 is 1. The summed E-state index contributed by atoms with van der Waals surface area (Å²) in [5, 5.41) is 11.1. The van der Waals surface area contributed by atoms with Crippen molar-refractivity contribution in [1.29, 1.82) is 0 Å². The number of hydrogen-bond donors (Lipinski definition) is 1. The lowest BCUT2D eigenvalue weighted by Crippen LogP contribution is -2.44. The molecule has 10 heteroatoms. The highest BCUT2D eigenvalue weighted by Crippen LogP contribution is 2.16. The molecule has 0 aliphatic heterocycles. The number of rotatable bonds is 11. The molecule has 0 bridgehead atoms. The summed E-state index contributed by atoms with van der Waals surface area (Å²) in [7, 11) is 1.57. The van der Waals surface area contributed by atoms with Gasteiger partial charge in [-0.15, -0.1) is 0 Å². The van der Waals surface area contributed by atoms with Crippen LogP contribution in [-0.2, 0) is 35.7 Å². The molecule has 3 rings (SSSR count). The van der Waals surface area contributed by atoms with Gasteiger partial charge in [0.2, 0.25) is 0 Å². The Kier molecular flexibility index (Phi) is 8.25. The number of hydrogen-bond acceptors (Lipinski definition) is 6. The van der Waals surface area contributed by atoms with Gasteiger partial charge in [-0.25, -0.2) is 9.78 Å². The fourth-order valence-corrected chi connectivity index (χ4v) is 3.66. The van der Waals surface area contributed by atoms with Crippen LogP contribution in [0.5, 0.6) is 0 Å². The third kappa shape index (κ3) is 5.47. The van der Waals surface area contributed by atoms with Gasteiger partial charge in [-0.3, -0.25) is 13.9 Å². The maximum atomic E-state index is 13.2. The zero-order valence-corrected chi connectivity index (χ0v) is 19.3. The Hall–Kier alpha value is -2.46. The Labute approximate surface area is 190 Å². The number of imidazole rings is 1. The van der Waals surface area contributed by atoms with Crippen LogP contribution in [0.1, 0.15) is 19.4 Å². The Morgan fingerprint density at radius 2 is 1.91 bits per heavy atom. The van der Waals surface area contributed by atoms with Crippen molar-refractivity contribution in [2.75, 3.05) is 20.3 Å². The number of aliphatic hydroxyl groups excluding tert-OH is 1. The van der Waals surface area contributed by atoms with Crippen LogP contribution in [0.25, 0.3) is 11.2 Å². The first kappa shape index (κ1) is 24.2. The number of ether oxygens (including phenoxy) is 2. The molecule has 0 saturated carbocycles. The second-order valence-corrected chi connectivity index (χ2v) is 8.47. The zero-order valence-electron chi connectivity index (χ0n) is 18.5. The Bertz CT molecular complexity index is 1170. The summed E-state index contributed by atoms with van der Waals surface area (Å²) in [5.74, 6) is 0.162. The van der Waals surface area contributed by atoms with Gasteiger partial charge >= 0.3 is 5.69 Å². The van der Waals surface area contributed by atoms with E-state index in [0.717, 1.165) is 10.1 Å². The van der Waals surface area contributed by atoms with Crippen molar-refractivity contribution in [2.45, 2.75) is 46.2 Å². The summed E-state index contributed by atoms with van der Waals surface area (Å²) in [6.45, 7) is 5.15. The van der Waals surface area contributed by atoms with Crippen molar-refractivity contribution in [3.63, 3.8) is 0 Å². The normalized spacial score (nSPS) is 12.7. The molecule has 2 heterocycles. The van der Waals surface area contributed by atoms with Crippen molar-refractivity contribution in [2.24, 2.45) is 5.92 Å². The largest absolute Gasteiger partial charge is 0.389 e. The van der Waals surface area contributed by atoms with Gasteiger partial charge in [0.15, 0.2) is 11.2 Å². The van der Waals surface area contributed by atoms with Crippen LogP contribution in [-0.4, -0.2) is 50.2 Å². The molecule has 9 nitrogen and oxygen atoms in total. The van der Waals surface area contributed by atoms with Gasteiger partial charge < -0.3 is 19.1 Å². The molecule has 1 N–H and O–H groups in total. The summed E-state index contributed by atoms with van der Waals surface area (Å²) in [4.78, 5) is 30.6. The van der Waals surface area contributed by atoms with E-state index in [-0.39, 0.29) is 25.7 Å². The first-order chi connectivity index (χ1) is 15.3. The van der Waals surface area contributed by atoms with Crippen molar-refractivity contribution in [3.8, 4) is 0 Å². The first-order valence-corrected chi connectivity index (χ1v) is 10.9. The lowest BCUT2D eigenvalue weighted by molar-refractivity contribution is 0.0192. The molecule has 0 aliphatic rings. The lowest BCUT2D eigenvalue weighted by atomic mass is 10.2. The van der Waals surface area contributed by atoms with E-state index in [1.54, 1.807) is 17.7 Å². The van der Waals surface area contributed by atoms with Crippen LogP contribution in [0.4, 0.5) is 0 Å². The Morgan fingerprint density at radius 1 is 1.16 bits per heavy atom. The second kappa shape index (κ2) is 10.9. The monoisotopic (exact) mass is 464 g/mol. The van der Waals surface area contributed by atoms with Crippen molar-refractivity contribution in [3.05, 3.63) is 62.0 Å². The molecule has 2 aromatic heterocycles. The summed E-state index contributed by atoms with van der Waals surface area (Å²) in [6, 6.07) is 7.26. The Morgan fingerprint density at radius 3 is 2.59 bits per heavy atom. The first-order valence-electron chi connectivity index (χ1n) is 10.5. The molecular formula is C22H29ClN4O5. The minimum absolute atomic E-state index is 0.0533. The smallest absolute Gasteiger partial charge is 0.332 e. The maximum absolute atomic E-state index is 13.2. The summed E-state index contributed by atoms with van der Waals surface area (Å²) < 4.78 is 14.9. The number of halogens is 1. The topological polar surface area (TPSA) is 101 Å². The summed E-state index contributed by atoms with van der Waals surface area (Å²) in [5.41, 5.74) is 0.445. The molecule has 0 fully saturated rings. The fraction of sp³-hybridized carbons (Fsp3) is 0.500. The predicted octanol–water partition coefficient (Wildman–Crippen LogP) is 1.89. The van der Waals surface area contributed by atoms with Crippen LogP contribution >= 0.6 is 11.6 Å². The van der Waals surface area contributed by atoms with Gasteiger partial charge in [-0.05, 0) is 17.5 Å². The summed E-state index contributed by atoms with van der Waals surface area (Å²) in [6.07, 6.45) is 0.484. The van der Waals surface area contributed by atoms with E-state index in [4.69, 9.17) is 21.1 Å². The van der Waals surface area contributed by atoms with Crippen molar-refractivity contribution < 1.29 is 14.6 Å². The van der Waals surface area contributed by atoms with E-state index in [1.807, 2.05) is 32.0 Å². The van der Waals surface area contributed by atoms with Gasteiger partial charge in [-0.2, -0.15) is 0 Å². The average molecular weight is 465 g/mol. The molecule has 0 unspecified atom stereocenters. The molecule has 0 radical (unpaired) electrons. The van der Waals surface area contributed by atoms with Gasteiger partial charge in [0.05, 0.1) is 38.8 Å². The van der Waals surface area contributed by atoms with Crippen LogP contribution in [0.3, 0.4) is 0 Å². The SMILES string of the molecule is COCCn1cnc2c1c(=O)n(C[C@H](O)COCc1ccccc1Cl)c(=O)n2CC(C)C. The molecule has 32 heavy (non-hydrogen) atoms. The zero-order chi connectivity index (χ0) is 23.3. The molecule has 3 aromatic rings. The Balaban J connectivity index is 1.86. The van der Waals surface area contributed by atoms with Gasteiger partial charge in [0.25, 0.3) is 5.56 Å². The van der Waals surface area contributed by atoms with Gasteiger partial charge in [0.1, 0.15) is 0 Å². The van der Waals surface area contributed by atoms with Crippen molar-refractivity contribution >= 4 is 22.8 Å². The number of aromatic nitrogens is 4. The highest BCUT2D eigenvalue weighted by molar-refractivity contribution is 6.31. The molecule has 0 spiro atoms. The van der Waals surface area contributed by atoms with E-state index >= 15 is 0 Å². The predicted molar refractivity (Wildman–Crippen MR) is 122 cm³/mol. The quantitative estimate of drug-likeness (QED) is 0.465. The molecule has 0 saturated heterocycles. The molecule has 0 aliphatic carbocycles. The highest BCUT2D eigenvalue weighted by Gasteiger charge is 2.20. The molecule has 1 aromatic carbocycles. The number of nitrogens with zero attached hydrogens (tertiary/aromatic N) is 4. The van der Waals surface area contributed by atoms with E-state index in [1.165, 1.54) is 10.9 Å². The van der Waals surface area contributed by atoms with E-state index in [0.29, 0.717) is 35.9 Å². The second-order valence-electron chi connectivity index (χ2n) is 8.07. The molecular weight excluding hydrogens is 436 g/mol. The highest BCUT2D eigenvalue weighted by atomic mass is 35.5. The standard InChI is InChI=1S/C22H29ClN4O5/c1-15(2)10-26-20-19(25(14-24-20)8-9-31-3)21(29)27(22(26)30)11-17(28)13-32-12-16-6-4-5-7-18(16)23/h4-7,14-15,17,28H,8-13H2,1-3H3/t17-/m0/s1. The molecule has 1 atom stereocenters. The fourth-order valence-electron chi connectivity index (χ4n) is 3.47. The minimum atomic E-state index is -1.05. The maximum Gasteiger partial charge on any atom is 0.332 e. The molecule has 0 amide bonds. The number of aliphatic hydroxyl groups is 1. The molecule has 174 valence electrons. The third-order valence-corrected chi connectivity index (χ3v) is 5.36. The van der Waals surface area contributed by atoms with Gasteiger partial charge in [0, 0.05) is 25.2 Å². The van der Waals surface area contributed by atoms with E-state index in [9.17, 15) is 14.7 Å². The summed E-state index contributed by atoms with van der Waals surface area (Å²) >= 11 is 6.12. The minimum Gasteiger partial charge on any atom is -0.389 e. The third-order valence-electron chi connectivity index (χ3n) is 4.99. The van der Waals surface area contributed by atoms with Crippen molar-refractivity contribution in [1.82, 2.24) is 18.7 Å². The number of benzene rings is 1. The van der Waals surface area contributed by atoms with E-state index < -0.39 is 17.4 Å². The van der Waals surface area contributed by atoms with Crippen LogP contribution < -0.4 is 11.2 Å². The van der Waals surface area contributed by atoms with Gasteiger partial charge in [-0.1, -0.05) is 43.6 Å². The van der Waals surface area contributed by atoms with Crippen LogP contribution in [0.2, 0.25) is 5.02 Å². The average Bonchev–Trinajstić information content (AvgIpc) is 3.18.